The molecule has 1 N–H and O–H groups in total. The third-order valence-corrected chi connectivity index (χ3v) is 3.05. The predicted octanol–water partition coefficient (Wildman–Crippen LogP) is 3.34. The minimum atomic E-state index is 0.782. The first-order valence-electron chi connectivity index (χ1n) is 6.10. The van der Waals surface area contributed by atoms with Crippen LogP contribution in [0.5, 0.6) is 0 Å². The van der Waals surface area contributed by atoms with Crippen molar-refractivity contribution in [2.45, 2.75) is 64.8 Å². The highest BCUT2D eigenvalue weighted by molar-refractivity contribution is 4.73. The molecular weight excluding hydrogens is 158 g/mol. The van der Waals surface area contributed by atoms with Crippen LogP contribution in [0.25, 0.3) is 0 Å². The van der Waals surface area contributed by atoms with Gasteiger partial charge in [-0.1, -0.05) is 33.1 Å². The Morgan fingerprint density at radius 2 is 2.08 bits per heavy atom. The molecule has 0 saturated heterocycles. The van der Waals surface area contributed by atoms with E-state index in [1.807, 2.05) is 0 Å². The molecule has 1 fully saturated rings. The maximum Gasteiger partial charge on any atom is 0.00643 e. The second-order valence-electron chi connectivity index (χ2n) is 4.43. The number of hydrogen-bond acceptors (Lipinski definition) is 1. The van der Waals surface area contributed by atoms with Crippen molar-refractivity contribution in [2.24, 2.45) is 5.92 Å². The third-order valence-electron chi connectivity index (χ3n) is 3.05. The Morgan fingerprint density at radius 1 is 1.31 bits per heavy atom. The molecule has 0 amide bonds. The first-order chi connectivity index (χ1) is 6.36. The van der Waals surface area contributed by atoms with Crippen LogP contribution in [0, 0.1) is 5.92 Å². The Labute approximate surface area is 83.3 Å². The van der Waals surface area contributed by atoms with Crippen molar-refractivity contribution in [1.29, 1.82) is 0 Å². The zero-order valence-electron chi connectivity index (χ0n) is 9.31. The van der Waals surface area contributed by atoms with Gasteiger partial charge in [0.15, 0.2) is 0 Å². The lowest BCUT2D eigenvalue weighted by molar-refractivity contribution is 0.451. The lowest BCUT2D eigenvalue weighted by Crippen LogP contribution is -2.29. The van der Waals surface area contributed by atoms with Gasteiger partial charge in [0, 0.05) is 6.04 Å². The van der Waals surface area contributed by atoms with Crippen LogP contribution in [0.4, 0.5) is 0 Å². The van der Waals surface area contributed by atoms with E-state index >= 15 is 0 Å². The Bertz CT molecular complexity index is 118. The summed E-state index contributed by atoms with van der Waals surface area (Å²) in [5.41, 5.74) is 0. The van der Waals surface area contributed by atoms with Gasteiger partial charge in [0.05, 0.1) is 0 Å². The van der Waals surface area contributed by atoms with Crippen LogP contribution in [-0.2, 0) is 0 Å². The maximum absolute atomic E-state index is 3.65. The Kier molecular flexibility index (Phi) is 5.45. The zero-order chi connectivity index (χ0) is 9.52. The Balaban J connectivity index is 1.88. The van der Waals surface area contributed by atoms with Gasteiger partial charge >= 0.3 is 0 Å². The Morgan fingerprint density at radius 3 is 2.62 bits per heavy atom. The van der Waals surface area contributed by atoms with Gasteiger partial charge in [-0.15, -0.1) is 0 Å². The molecule has 0 heterocycles. The van der Waals surface area contributed by atoms with Gasteiger partial charge < -0.3 is 5.32 Å². The van der Waals surface area contributed by atoms with Crippen molar-refractivity contribution in [3.8, 4) is 0 Å². The van der Waals surface area contributed by atoms with E-state index in [-0.39, 0.29) is 0 Å². The zero-order valence-corrected chi connectivity index (χ0v) is 9.31. The molecule has 1 heteroatoms. The molecule has 1 aliphatic carbocycles. The fraction of sp³-hybridized carbons (Fsp3) is 1.00. The molecule has 0 aliphatic heterocycles. The molecule has 13 heavy (non-hydrogen) atoms. The smallest absolute Gasteiger partial charge is 0.00643 e. The summed E-state index contributed by atoms with van der Waals surface area (Å²) in [5, 5.41) is 3.65. The largest absolute Gasteiger partial charge is 0.314 e. The van der Waals surface area contributed by atoms with E-state index in [2.05, 4.69) is 19.2 Å². The summed E-state index contributed by atoms with van der Waals surface area (Å²) in [5.74, 6) is 1.10. The van der Waals surface area contributed by atoms with Crippen molar-refractivity contribution in [3.05, 3.63) is 0 Å². The summed E-state index contributed by atoms with van der Waals surface area (Å²) < 4.78 is 0. The molecule has 0 aromatic carbocycles. The van der Waals surface area contributed by atoms with Gasteiger partial charge in [-0.3, -0.25) is 0 Å². The molecule has 1 nitrogen and oxygen atoms in total. The van der Waals surface area contributed by atoms with E-state index in [1.165, 1.54) is 51.5 Å². The molecule has 0 radical (unpaired) electrons. The summed E-state index contributed by atoms with van der Waals surface area (Å²) in [6, 6.07) is 0.782. The molecule has 1 atom stereocenters. The van der Waals surface area contributed by atoms with Crippen LogP contribution in [0.15, 0.2) is 0 Å². The monoisotopic (exact) mass is 183 g/mol. The molecule has 0 aromatic rings. The van der Waals surface area contributed by atoms with Gasteiger partial charge in [-0.05, 0) is 38.1 Å². The molecule has 1 unspecified atom stereocenters. The van der Waals surface area contributed by atoms with Gasteiger partial charge in [-0.25, -0.2) is 0 Å². The summed E-state index contributed by atoms with van der Waals surface area (Å²) in [6.07, 6.45) is 9.82. The van der Waals surface area contributed by atoms with E-state index in [4.69, 9.17) is 0 Å². The molecule has 1 aliphatic rings. The lowest BCUT2D eigenvalue weighted by atomic mass is 10.1. The molecular formula is C12H25N. The van der Waals surface area contributed by atoms with Gasteiger partial charge in [0.2, 0.25) is 0 Å². The highest BCUT2D eigenvalue weighted by Gasteiger charge is 2.19. The second-order valence-corrected chi connectivity index (χ2v) is 4.43. The van der Waals surface area contributed by atoms with Crippen molar-refractivity contribution in [1.82, 2.24) is 5.32 Å². The Hall–Kier alpha value is -0.0400. The van der Waals surface area contributed by atoms with Crippen molar-refractivity contribution < 1.29 is 0 Å². The average Bonchev–Trinajstić information content (AvgIpc) is 2.94. The number of rotatable bonds is 8. The van der Waals surface area contributed by atoms with E-state index in [0.29, 0.717) is 0 Å². The van der Waals surface area contributed by atoms with Crippen LogP contribution < -0.4 is 5.32 Å². The topological polar surface area (TPSA) is 12.0 Å². The normalized spacial score (nSPS) is 18.9. The number of nitrogens with one attached hydrogen (secondary N) is 1. The van der Waals surface area contributed by atoms with Gasteiger partial charge in [0.1, 0.15) is 0 Å². The SMILES string of the molecule is CCCC(CC)NCCCC1CC1. The quantitative estimate of drug-likeness (QED) is 0.569. The minimum Gasteiger partial charge on any atom is -0.314 e. The van der Waals surface area contributed by atoms with E-state index in [1.54, 1.807) is 0 Å². The predicted molar refractivity (Wildman–Crippen MR) is 58.9 cm³/mol. The van der Waals surface area contributed by atoms with E-state index in [0.717, 1.165) is 12.0 Å². The van der Waals surface area contributed by atoms with Crippen LogP contribution >= 0.6 is 0 Å². The molecule has 78 valence electrons. The van der Waals surface area contributed by atoms with Crippen molar-refractivity contribution in [3.63, 3.8) is 0 Å². The van der Waals surface area contributed by atoms with Crippen LogP contribution in [0.3, 0.4) is 0 Å². The summed E-state index contributed by atoms with van der Waals surface area (Å²) in [4.78, 5) is 0. The fourth-order valence-electron chi connectivity index (χ4n) is 1.90. The van der Waals surface area contributed by atoms with Crippen LogP contribution in [-0.4, -0.2) is 12.6 Å². The summed E-state index contributed by atoms with van der Waals surface area (Å²) >= 11 is 0. The van der Waals surface area contributed by atoms with Gasteiger partial charge in [0.25, 0.3) is 0 Å². The molecule has 1 saturated carbocycles. The van der Waals surface area contributed by atoms with Crippen molar-refractivity contribution in [2.75, 3.05) is 6.54 Å². The molecule has 1 rings (SSSR count). The first-order valence-corrected chi connectivity index (χ1v) is 6.10. The molecule has 0 bridgehead atoms. The summed E-state index contributed by atoms with van der Waals surface area (Å²) in [7, 11) is 0. The van der Waals surface area contributed by atoms with Gasteiger partial charge in [-0.2, -0.15) is 0 Å². The lowest BCUT2D eigenvalue weighted by Gasteiger charge is -2.15. The standard InChI is InChI=1S/C12H25N/c1-3-6-12(4-2)13-10-5-7-11-8-9-11/h11-13H,3-10H2,1-2H3. The minimum absolute atomic E-state index is 0.782. The van der Waals surface area contributed by atoms with E-state index in [9.17, 15) is 0 Å². The summed E-state index contributed by atoms with van der Waals surface area (Å²) in [6.45, 7) is 5.80. The van der Waals surface area contributed by atoms with Crippen molar-refractivity contribution >= 4 is 0 Å². The first kappa shape index (κ1) is 11.0. The molecule has 0 spiro atoms. The second kappa shape index (κ2) is 6.42. The molecule has 0 aromatic heterocycles. The van der Waals surface area contributed by atoms with Crippen LogP contribution in [0.2, 0.25) is 0 Å². The highest BCUT2D eigenvalue weighted by Crippen LogP contribution is 2.33. The fourth-order valence-corrected chi connectivity index (χ4v) is 1.90. The third kappa shape index (κ3) is 5.30. The average molecular weight is 183 g/mol. The van der Waals surface area contributed by atoms with E-state index < -0.39 is 0 Å². The van der Waals surface area contributed by atoms with Crippen LogP contribution in [0.1, 0.15) is 58.8 Å². The number of hydrogen-bond donors (Lipinski definition) is 1. The highest BCUT2D eigenvalue weighted by atomic mass is 14.9. The maximum atomic E-state index is 3.65.